The number of carbonyl (C=O) groups excluding carboxylic acids is 2. The average molecular weight is 440 g/mol. The Balaban J connectivity index is 2.34. The molecule has 0 saturated carbocycles. The Morgan fingerprint density at radius 1 is 0.903 bits per heavy atom. The lowest BCUT2D eigenvalue weighted by Gasteiger charge is -2.23. The molecule has 0 fully saturated rings. The summed E-state index contributed by atoms with van der Waals surface area (Å²) in [7, 11) is 0. The van der Waals surface area contributed by atoms with Crippen LogP contribution >= 0.6 is 0 Å². The number of carbonyl (C=O) groups is 2. The summed E-state index contributed by atoms with van der Waals surface area (Å²) in [4.78, 5) is 33.3. The second kappa shape index (κ2) is 13.2. The minimum absolute atomic E-state index is 0.390. The van der Waals surface area contributed by atoms with E-state index in [4.69, 9.17) is 9.47 Å². The molecule has 0 aromatic carbocycles. The van der Waals surface area contributed by atoms with Gasteiger partial charge in [0.25, 0.3) is 0 Å². The van der Waals surface area contributed by atoms with E-state index < -0.39 is 23.4 Å². The van der Waals surface area contributed by atoms with Crippen LogP contribution in [0.1, 0.15) is 66.6 Å². The smallest absolute Gasteiger partial charge is 0.407 e. The van der Waals surface area contributed by atoms with E-state index in [1.807, 2.05) is 47.7 Å². The van der Waals surface area contributed by atoms with Gasteiger partial charge in [-0.2, -0.15) is 0 Å². The maximum atomic E-state index is 11.8. The maximum absolute atomic E-state index is 11.8. The third kappa shape index (κ3) is 15.2. The second-order valence-electron chi connectivity index (χ2n) is 9.55. The van der Waals surface area contributed by atoms with Crippen LogP contribution in [0.15, 0.2) is 12.4 Å². The van der Waals surface area contributed by atoms with Gasteiger partial charge in [0.1, 0.15) is 17.0 Å². The predicted molar refractivity (Wildman–Crippen MR) is 121 cm³/mol. The zero-order chi connectivity index (χ0) is 23.3. The lowest BCUT2D eigenvalue weighted by atomic mass is 10.2. The lowest BCUT2D eigenvalue weighted by Crippen LogP contribution is -2.36. The van der Waals surface area contributed by atoms with E-state index in [1.54, 1.807) is 6.20 Å². The van der Waals surface area contributed by atoms with Crippen LogP contribution in [0.2, 0.25) is 0 Å². The third-order valence-corrected chi connectivity index (χ3v) is 4.08. The van der Waals surface area contributed by atoms with Crippen LogP contribution in [0.3, 0.4) is 0 Å². The van der Waals surface area contributed by atoms with Gasteiger partial charge in [-0.05, 0) is 80.4 Å². The van der Waals surface area contributed by atoms with Gasteiger partial charge in [0.15, 0.2) is 0 Å². The Morgan fingerprint density at radius 2 is 1.39 bits per heavy atom. The Morgan fingerprint density at radius 3 is 1.81 bits per heavy atom. The Kier molecular flexibility index (Phi) is 11.4. The fourth-order valence-corrected chi connectivity index (χ4v) is 2.85. The molecule has 3 N–H and O–H groups in total. The number of aryl methyl sites for hydroxylation is 1. The Hall–Kier alpha value is -2.29. The number of nitrogens with one attached hydrogen (secondary N) is 3. The van der Waals surface area contributed by atoms with Crippen molar-refractivity contribution in [3.8, 4) is 0 Å². The molecule has 2 amide bonds. The van der Waals surface area contributed by atoms with Gasteiger partial charge in [0, 0.05) is 31.9 Å². The molecule has 1 rings (SSSR count). The van der Waals surface area contributed by atoms with E-state index in [0.717, 1.165) is 51.1 Å². The number of aromatic nitrogens is 2. The first-order valence-electron chi connectivity index (χ1n) is 11.1. The fourth-order valence-electron chi connectivity index (χ4n) is 2.85. The van der Waals surface area contributed by atoms with Gasteiger partial charge in [-0.1, -0.05) is 0 Å². The molecule has 9 nitrogen and oxygen atoms in total. The normalized spacial score (nSPS) is 12.0. The van der Waals surface area contributed by atoms with Crippen LogP contribution < -0.4 is 10.6 Å². The van der Waals surface area contributed by atoms with Crippen LogP contribution in [0.4, 0.5) is 9.59 Å². The molecule has 0 spiro atoms. The van der Waals surface area contributed by atoms with Crippen molar-refractivity contribution in [2.24, 2.45) is 0 Å². The minimum atomic E-state index is -0.497. The van der Waals surface area contributed by atoms with Crippen molar-refractivity contribution in [2.75, 3.05) is 32.7 Å². The molecular formula is C22H41N5O4. The number of aromatic amines is 1. The van der Waals surface area contributed by atoms with Crippen molar-refractivity contribution in [2.45, 2.75) is 78.4 Å². The van der Waals surface area contributed by atoms with Crippen LogP contribution in [0.5, 0.6) is 0 Å². The first-order chi connectivity index (χ1) is 14.4. The first-order valence-corrected chi connectivity index (χ1v) is 11.1. The highest BCUT2D eigenvalue weighted by molar-refractivity contribution is 5.67. The number of H-pyrrole nitrogens is 1. The number of nitrogens with zero attached hydrogens (tertiary/aromatic N) is 2. The molecule has 178 valence electrons. The molecule has 0 saturated heterocycles. The van der Waals surface area contributed by atoms with Crippen LogP contribution in [0.25, 0.3) is 0 Å². The monoisotopic (exact) mass is 439 g/mol. The van der Waals surface area contributed by atoms with Crippen molar-refractivity contribution < 1.29 is 19.1 Å². The Labute approximate surface area is 186 Å². The molecular weight excluding hydrogens is 398 g/mol. The standard InChI is InChI=1S/C22H41N5O4/c1-21(2,3)30-19(28)25-11-8-16-27(15-7-10-18-23-13-14-24-18)17-9-12-26-20(29)31-22(4,5)6/h13-14H,7-12,15-17H2,1-6H3,(H,23,24)(H,25,28)(H,26,29). The SMILES string of the molecule is CC(C)(C)OC(=O)NCCCN(CCCNC(=O)OC(C)(C)C)CCCc1ncc[nH]1. The summed E-state index contributed by atoms with van der Waals surface area (Å²) < 4.78 is 10.5. The van der Waals surface area contributed by atoms with E-state index in [1.165, 1.54) is 0 Å². The summed E-state index contributed by atoms with van der Waals surface area (Å²) >= 11 is 0. The number of rotatable bonds is 12. The largest absolute Gasteiger partial charge is 0.444 e. The summed E-state index contributed by atoms with van der Waals surface area (Å²) in [6, 6.07) is 0. The van der Waals surface area contributed by atoms with E-state index in [0.29, 0.717) is 13.1 Å². The van der Waals surface area contributed by atoms with Crippen LogP contribution in [0, 0.1) is 0 Å². The Bertz CT molecular complexity index is 599. The number of hydrogen-bond acceptors (Lipinski definition) is 6. The van der Waals surface area contributed by atoms with Crippen molar-refractivity contribution in [1.29, 1.82) is 0 Å². The number of ether oxygens (including phenoxy) is 2. The van der Waals surface area contributed by atoms with Crippen molar-refractivity contribution in [3.05, 3.63) is 18.2 Å². The highest BCUT2D eigenvalue weighted by Gasteiger charge is 2.16. The molecule has 0 bridgehead atoms. The molecule has 0 aliphatic heterocycles. The van der Waals surface area contributed by atoms with E-state index in [-0.39, 0.29) is 0 Å². The van der Waals surface area contributed by atoms with Crippen molar-refractivity contribution in [3.63, 3.8) is 0 Å². The molecule has 31 heavy (non-hydrogen) atoms. The van der Waals surface area contributed by atoms with Gasteiger partial charge >= 0.3 is 12.2 Å². The average Bonchev–Trinajstić information content (AvgIpc) is 3.12. The number of hydrogen-bond donors (Lipinski definition) is 3. The number of alkyl carbamates (subject to hydrolysis) is 2. The van der Waals surface area contributed by atoms with Crippen LogP contribution in [-0.4, -0.2) is 71.0 Å². The topological polar surface area (TPSA) is 109 Å². The second-order valence-corrected chi connectivity index (χ2v) is 9.55. The van der Waals surface area contributed by atoms with E-state index >= 15 is 0 Å². The highest BCUT2D eigenvalue weighted by Crippen LogP contribution is 2.07. The van der Waals surface area contributed by atoms with E-state index in [2.05, 4.69) is 25.5 Å². The predicted octanol–water partition coefficient (Wildman–Crippen LogP) is 3.47. The van der Waals surface area contributed by atoms with Gasteiger partial charge in [-0.15, -0.1) is 0 Å². The highest BCUT2D eigenvalue weighted by atomic mass is 16.6. The third-order valence-electron chi connectivity index (χ3n) is 4.08. The number of amides is 2. The van der Waals surface area contributed by atoms with Gasteiger partial charge in [0.05, 0.1) is 0 Å². The summed E-state index contributed by atoms with van der Waals surface area (Å²) in [5.41, 5.74) is -0.994. The van der Waals surface area contributed by atoms with Gasteiger partial charge in [-0.25, -0.2) is 14.6 Å². The maximum Gasteiger partial charge on any atom is 0.407 e. The van der Waals surface area contributed by atoms with Gasteiger partial charge in [-0.3, -0.25) is 0 Å². The molecule has 0 aliphatic carbocycles. The van der Waals surface area contributed by atoms with Gasteiger partial charge in [0.2, 0.25) is 0 Å². The summed E-state index contributed by atoms with van der Waals surface area (Å²) in [5.74, 6) is 0.984. The van der Waals surface area contributed by atoms with Gasteiger partial charge < -0.3 is 30.0 Å². The molecule has 0 aliphatic rings. The zero-order valence-corrected chi connectivity index (χ0v) is 20.0. The van der Waals surface area contributed by atoms with Crippen molar-refractivity contribution >= 4 is 12.2 Å². The molecule has 1 aromatic heterocycles. The quantitative estimate of drug-likeness (QED) is 0.430. The molecule has 0 atom stereocenters. The first kappa shape index (κ1) is 26.7. The zero-order valence-electron chi connectivity index (χ0n) is 20.0. The summed E-state index contributed by atoms with van der Waals surface area (Å²) in [6.45, 7) is 14.8. The molecule has 1 aromatic rings. The molecule has 1 heterocycles. The fraction of sp³-hybridized carbons (Fsp3) is 0.773. The molecule has 0 unspecified atom stereocenters. The van der Waals surface area contributed by atoms with E-state index in [9.17, 15) is 9.59 Å². The van der Waals surface area contributed by atoms with Crippen LogP contribution in [-0.2, 0) is 15.9 Å². The summed E-state index contributed by atoms with van der Waals surface area (Å²) in [5, 5.41) is 5.60. The number of imidazole rings is 1. The molecule has 9 heteroatoms. The minimum Gasteiger partial charge on any atom is -0.444 e. The summed E-state index contributed by atoms with van der Waals surface area (Å²) in [6.07, 6.45) is 6.31. The lowest BCUT2D eigenvalue weighted by molar-refractivity contribution is 0.0516. The molecule has 0 radical (unpaired) electrons. The van der Waals surface area contributed by atoms with Crippen molar-refractivity contribution in [1.82, 2.24) is 25.5 Å².